The highest BCUT2D eigenvalue weighted by atomic mass is 127. The third kappa shape index (κ3) is 5.54. The van der Waals surface area contributed by atoms with Crippen LogP contribution >= 0.6 is 24.0 Å². The summed E-state index contributed by atoms with van der Waals surface area (Å²) in [6, 6.07) is 3.98. The number of nitrogens with one attached hydrogen (secondary N) is 2. The van der Waals surface area contributed by atoms with Crippen molar-refractivity contribution in [2.45, 2.75) is 37.8 Å². The van der Waals surface area contributed by atoms with E-state index >= 15 is 0 Å². The molecular weight excluding hydrogens is 425 g/mol. The van der Waals surface area contributed by atoms with Gasteiger partial charge in [0.2, 0.25) is 0 Å². The molecular formula is C17H27F2IN4. The zero-order valence-electron chi connectivity index (χ0n) is 14.5. The second-order valence-electron chi connectivity index (χ2n) is 6.19. The van der Waals surface area contributed by atoms with Crippen molar-refractivity contribution in [3.63, 3.8) is 0 Å². The molecule has 0 radical (unpaired) electrons. The number of hydrogen-bond acceptors (Lipinski definition) is 2. The van der Waals surface area contributed by atoms with Crippen LogP contribution in [0, 0.1) is 11.6 Å². The summed E-state index contributed by atoms with van der Waals surface area (Å²) in [7, 11) is 5.33. The summed E-state index contributed by atoms with van der Waals surface area (Å²) in [6.07, 6.45) is 4.74. The first-order valence-corrected chi connectivity index (χ1v) is 8.10. The molecule has 0 heterocycles. The molecule has 136 valence electrons. The fraction of sp³-hybridized carbons (Fsp3) is 0.588. The zero-order valence-corrected chi connectivity index (χ0v) is 16.8. The minimum atomic E-state index is -0.524. The van der Waals surface area contributed by atoms with E-state index < -0.39 is 17.7 Å². The predicted octanol–water partition coefficient (Wildman–Crippen LogP) is 3.29. The third-order valence-electron chi connectivity index (χ3n) is 4.34. The predicted molar refractivity (Wildman–Crippen MR) is 105 cm³/mol. The molecule has 1 atom stereocenters. The fourth-order valence-electron chi connectivity index (χ4n) is 3.02. The minimum absolute atomic E-state index is 0. The smallest absolute Gasteiger partial charge is 0.191 e. The Morgan fingerprint density at radius 3 is 2.33 bits per heavy atom. The Kier molecular flexibility index (Phi) is 8.90. The van der Waals surface area contributed by atoms with Crippen LogP contribution in [0.4, 0.5) is 8.78 Å². The highest BCUT2D eigenvalue weighted by molar-refractivity contribution is 14.0. The Labute approximate surface area is 160 Å². The maximum Gasteiger partial charge on any atom is 0.191 e. The lowest BCUT2D eigenvalue weighted by Gasteiger charge is -2.27. The first kappa shape index (κ1) is 21.1. The average Bonchev–Trinajstić information content (AvgIpc) is 3.01. The SMILES string of the molecule is CN=C(NCC(c1c(F)cccc1F)N(C)C)NC1CCCC1.I. The van der Waals surface area contributed by atoms with E-state index in [2.05, 4.69) is 15.6 Å². The highest BCUT2D eigenvalue weighted by Gasteiger charge is 2.23. The van der Waals surface area contributed by atoms with Crippen LogP contribution in [0.5, 0.6) is 0 Å². The number of aliphatic imine (C=N–C) groups is 1. The van der Waals surface area contributed by atoms with E-state index in [0.29, 0.717) is 18.5 Å². The van der Waals surface area contributed by atoms with Gasteiger partial charge in [0.15, 0.2) is 5.96 Å². The monoisotopic (exact) mass is 452 g/mol. The number of benzene rings is 1. The van der Waals surface area contributed by atoms with Gasteiger partial charge in [-0.3, -0.25) is 4.99 Å². The van der Waals surface area contributed by atoms with Crippen LogP contribution < -0.4 is 10.6 Å². The number of likely N-dealkylation sites (N-methyl/N-ethyl adjacent to an activating group) is 1. The summed E-state index contributed by atoms with van der Waals surface area (Å²) in [5.41, 5.74) is 0.0846. The van der Waals surface area contributed by atoms with Gasteiger partial charge in [0, 0.05) is 25.2 Å². The van der Waals surface area contributed by atoms with E-state index in [4.69, 9.17) is 0 Å². The summed E-state index contributed by atoms with van der Waals surface area (Å²) in [5.74, 6) is -0.367. The minimum Gasteiger partial charge on any atom is -0.354 e. The maximum atomic E-state index is 14.1. The molecule has 4 nitrogen and oxygen atoms in total. The molecule has 1 aliphatic rings. The van der Waals surface area contributed by atoms with Crippen LogP contribution in [-0.4, -0.2) is 44.6 Å². The molecule has 7 heteroatoms. The number of guanidine groups is 1. The van der Waals surface area contributed by atoms with Gasteiger partial charge in [-0.25, -0.2) is 8.78 Å². The Morgan fingerprint density at radius 1 is 1.25 bits per heavy atom. The normalized spacial score (nSPS) is 16.8. The van der Waals surface area contributed by atoms with Gasteiger partial charge in [-0.2, -0.15) is 0 Å². The van der Waals surface area contributed by atoms with Crippen molar-refractivity contribution < 1.29 is 8.78 Å². The zero-order chi connectivity index (χ0) is 16.8. The van der Waals surface area contributed by atoms with Gasteiger partial charge in [-0.1, -0.05) is 18.9 Å². The van der Waals surface area contributed by atoms with Gasteiger partial charge in [0.1, 0.15) is 11.6 Å². The van der Waals surface area contributed by atoms with Crippen LogP contribution in [-0.2, 0) is 0 Å². The van der Waals surface area contributed by atoms with Crippen LogP contribution in [0.2, 0.25) is 0 Å². The summed E-state index contributed by atoms with van der Waals surface area (Å²) in [4.78, 5) is 6.01. The fourth-order valence-corrected chi connectivity index (χ4v) is 3.02. The standard InChI is InChI=1S/C17H26F2N4.HI/c1-20-17(22-12-7-4-5-8-12)21-11-15(23(2)3)16-13(18)9-6-10-14(16)19;/h6,9-10,12,15H,4-5,7-8,11H2,1-3H3,(H2,20,21,22);1H. The van der Waals surface area contributed by atoms with E-state index in [1.165, 1.54) is 31.0 Å². The van der Waals surface area contributed by atoms with Crippen LogP contribution in [0.3, 0.4) is 0 Å². The van der Waals surface area contributed by atoms with Gasteiger partial charge in [0.25, 0.3) is 0 Å². The molecule has 0 saturated heterocycles. The number of halogens is 3. The molecule has 0 spiro atoms. The van der Waals surface area contributed by atoms with Crippen molar-refractivity contribution in [3.05, 3.63) is 35.4 Å². The third-order valence-corrected chi connectivity index (χ3v) is 4.34. The first-order valence-electron chi connectivity index (χ1n) is 8.10. The Hall–Kier alpha value is -0.960. The summed E-state index contributed by atoms with van der Waals surface area (Å²) < 4.78 is 28.1. The molecule has 0 aromatic heterocycles. The lowest BCUT2D eigenvalue weighted by molar-refractivity contribution is 0.282. The molecule has 2 N–H and O–H groups in total. The van der Waals surface area contributed by atoms with Crippen molar-refractivity contribution in [1.29, 1.82) is 0 Å². The quantitative estimate of drug-likeness (QED) is 0.409. The maximum absolute atomic E-state index is 14.1. The Bertz CT molecular complexity index is 525. The molecule has 0 aliphatic heterocycles. The lowest BCUT2D eigenvalue weighted by Crippen LogP contribution is -2.45. The van der Waals surface area contributed by atoms with E-state index in [0.717, 1.165) is 12.8 Å². The van der Waals surface area contributed by atoms with Gasteiger partial charge in [-0.05, 0) is 39.1 Å². The van der Waals surface area contributed by atoms with Crippen LogP contribution in [0.15, 0.2) is 23.2 Å². The van der Waals surface area contributed by atoms with E-state index in [1.54, 1.807) is 11.9 Å². The van der Waals surface area contributed by atoms with Crippen molar-refractivity contribution in [1.82, 2.24) is 15.5 Å². The highest BCUT2D eigenvalue weighted by Crippen LogP contribution is 2.24. The Morgan fingerprint density at radius 2 is 1.83 bits per heavy atom. The van der Waals surface area contributed by atoms with Crippen LogP contribution in [0.25, 0.3) is 0 Å². The van der Waals surface area contributed by atoms with Gasteiger partial charge >= 0.3 is 0 Å². The average molecular weight is 452 g/mol. The summed E-state index contributed by atoms with van der Waals surface area (Å²) in [6.45, 7) is 0.372. The van der Waals surface area contributed by atoms with Gasteiger partial charge in [-0.15, -0.1) is 24.0 Å². The van der Waals surface area contributed by atoms with Crippen molar-refractivity contribution in [2.24, 2.45) is 4.99 Å². The second kappa shape index (κ2) is 10.1. The number of hydrogen-bond donors (Lipinski definition) is 2. The van der Waals surface area contributed by atoms with Crippen molar-refractivity contribution >= 4 is 29.9 Å². The largest absolute Gasteiger partial charge is 0.354 e. The van der Waals surface area contributed by atoms with E-state index in [-0.39, 0.29) is 29.5 Å². The molecule has 1 aliphatic carbocycles. The lowest BCUT2D eigenvalue weighted by atomic mass is 10.0. The molecule has 2 rings (SSSR count). The molecule has 24 heavy (non-hydrogen) atoms. The summed E-state index contributed by atoms with van der Waals surface area (Å²) >= 11 is 0. The molecule has 1 saturated carbocycles. The van der Waals surface area contributed by atoms with Gasteiger partial charge < -0.3 is 15.5 Å². The Balaban J connectivity index is 0.00000288. The van der Waals surface area contributed by atoms with Crippen molar-refractivity contribution in [2.75, 3.05) is 27.7 Å². The molecule has 1 aromatic rings. The summed E-state index contributed by atoms with van der Waals surface area (Å²) in [5, 5.41) is 6.57. The second-order valence-corrected chi connectivity index (χ2v) is 6.19. The molecule has 1 aromatic carbocycles. The molecule has 0 bridgehead atoms. The van der Waals surface area contributed by atoms with Gasteiger partial charge in [0.05, 0.1) is 6.04 Å². The molecule has 1 unspecified atom stereocenters. The topological polar surface area (TPSA) is 39.7 Å². The number of nitrogens with zero attached hydrogens (tertiary/aromatic N) is 2. The molecule has 0 amide bonds. The molecule has 1 fully saturated rings. The van der Waals surface area contributed by atoms with Crippen molar-refractivity contribution in [3.8, 4) is 0 Å². The van der Waals surface area contributed by atoms with Crippen LogP contribution in [0.1, 0.15) is 37.3 Å². The van der Waals surface area contributed by atoms with E-state index in [1.807, 2.05) is 14.1 Å². The number of rotatable bonds is 5. The first-order chi connectivity index (χ1) is 11.0. The van der Waals surface area contributed by atoms with E-state index in [9.17, 15) is 8.78 Å².